The van der Waals surface area contributed by atoms with Crippen LogP contribution in [-0.4, -0.2) is 10.3 Å². The molecule has 1 N–H and O–H groups in total. The van der Waals surface area contributed by atoms with Gasteiger partial charge in [0.25, 0.3) is 0 Å². The van der Waals surface area contributed by atoms with Crippen molar-refractivity contribution in [2.45, 2.75) is 0 Å². The second-order valence-electron chi connectivity index (χ2n) is 5.98. The Kier molecular flexibility index (Phi) is 4.57. The summed E-state index contributed by atoms with van der Waals surface area (Å²) in [4.78, 5) is 0. The normalized spacial score (nSPS) is 11.0. The number of nitrogens with zero attached hydrogens (tertiary/aromatic N) is 1. The maximum atomic E-state index is 14.6. The van der Waals surface area contributed by atoms with Crippen LogP contribution < -0.4 is 0 Å². The molecule has 0 spiro atoms. The Hall–Kier alpha value is -3.25. The third-order valence-electron chi connectivity index (χ3n) is 4.23. The molecule has 0 amide bonds. The standard InChI is InChI=1S/C21H11ClF3NO2/c22-14-5-3-7-16(24)19(14)20-18(12-4-1-2-6-15(12)23)21(28-26-20)13-9-8-11(27)10-17(13)25/h1-10,27H. The van der Waals surface area contributed by atoms with E-state index in [-0.39, 0.29) is 44.5 Å². The van der Waals surface area contributed by atoms with E-state index >= 15 is 0 Å². The average Bonchev–Trinajstić information content (AvgIpc) is 3.06. The van der Waals surface area contributed by atoms with Crippen molar-refractivity contribution in [2.75, 3.05) is 0 Å². The van der Waals surface area contributed by atoms with Crippen molar-refractivity contribution < 1.29 is 22.8 Å². The molecule has 1 heterocycles. The Balaban J connectivity index is 2.07. The number of halogens is 4. The minimum Gasteiger partial charge on any atom is -0.508 e. The third-order valence-corrected chi connectivity index (χ3v) is 4.55. The van der Waals surface area contributed by atoms with Crippen LogP contribution in [0.5, 0.6) is 5.75 Å². The molecule has 0 unspecified atom stereocenters. The molecule has 0 aliphatic rings. The molecule has 1 aromatic heterocycles. The summed E-state index contributed by atoms with van der Waals surface area (Å²) in [6, 6.07) is 13.2. The number of phenolic OH excluding ortho intramolecular Hbond substituents is 1. The van der Waals surface area contributed by atoms with Crippen LogP contribution in [0.3, 0.4) is 0 Å². The monoisotopic (exact) mass is 401 g/mol. The first-order chi connectivity index (χ1) is 13.5. The highest BCUT2D eigenvalue weighted by Crippen LogP contribution is 2.44. The Bertz CT molecular complexity index is 1170. The van der Waals surface area contributed by atoms with Crippen LogP contribution >= 0.6 is 11.6 Å². The number of benzene rings is 3. The maximum absolute atomic E-state index is 14.6. The summed E-state index contributed by atoms with van der Waals surface area (Å²) >= 11 is 6.15. The number of aromatic nitrogens is 1. The van der Waals surface area contributed by atoms with Crippen molar-refractivity contribution in [3.63, 3.8) is 0 Å². The van der Waals surface area contributed by atoms with Crippen molar-refractivity contribution >= 4 is 11.6 Å². The van der Waals surface area contributed by atoms with Crippen LogP contribution in [0.15, 0.2) is 65.2 Å². The first kappa shape index (κ1) is 18.1. The molecule has 0 atom stereocenters. The number of rotatable bonds is 3. The molecule has 0 saturated carbocycles. The third kappa shape index (κ3) is 3.01. The van der Waals surface area contributed by atoms with Crippen LogP contribution in [-0.2, 0) is 0 Å². The smallest absolute Gasteiger partial charge is 0.178 e. The quantitative estimate of drug-likeness (QED) is 0.429. The van der Waals surface area contributed by atoms with Gasteiger partial charge in [-0.15, -0.1) is 0 Å². The molecule has 0 saturated heterocycles. The lowest BCUT2D eigenvalue weighted by molar-refractivity contribution is 0.431. The van der Waals surface area contributed by atoms with Crippen molar-refractivity contribution in [1.29, 1.82) is 0 Å². The zero-order chi connectivity index (χ0) is 19.8. The molecule has 7 heteroatoms. The lowest BCUT2D eigenvalue weighted by Gasteiger charge is -2.09. The lowest BCUT2D eigenvalue weighted by Crippen LogP contribution is -1.92. The molecular weight excluding hydrogens is 391 g/mol. The van der Waals surface area contributed by atoms with Crippen molar-refractivity contribution in [1.82, 2.24) is 5.16 Å². The van der Waals surface area contributed by atoms with E-state index in [0.29, 0.717) is 0 Å². The summed E-state index contributed by atoms with van der Waals surface area (Å²) in [5, 5.41) is 13.4. The van der Waals surface area contributed by atoms with Gasteiger partial charge in [0.05, 0.1) is 21.7 Å². The molecule has 3 aromatic carbocycles. The van der Waals surface area contributed by atoms with Crippen molar-refractivity contribution in [3.8, 4) is 39.5 Å². The number of hydrogen-bond donors (Lipinski definition) is 1. The number of aromatic hydroxyl groups is 1. The van der Waals surface area contributed by atoms with Gasteiger partial charge in [0.2, 0.25) is 0 Å². The van der Waals surface area contributed by atoms with Crippen LogP contribution in [0.4, 0.5) is 13.2 Å². The van der Waals surface area contributed by atoms with E-state index in [1.807, 2.05) is 0 Å². The van der Waals surface area contributed by atoms with Gasteiger partial charge in [-0.05, 0) is 30.3 Å². The topological polar surface area (TPSA) is 46.3 Å². The highest BCUT2D eigenvalue weighted by atomic mass is 35.5. The van der Waals surface area contributed by atoms with Crippen LogP contribution in [0, 0.1) is 17.5 Å². The fourth-order valence-corrected chi connectivity index (χ4v) is 3.22. The maximum Gasteiger partial charge on any atom is 0.178 e. The summed E-state index contributed by atoms with van der Waals surface area (Å²) < 4.78 is 48.9. The molecule has 4 aromatic rings. The summed E-state index contributed by atoms with van der Waals surface area (Å²) in [5.74, 6) is -2.52. The van der Waals surface area contributed by atoms with Crippen LogP contribution in [0.25, 0.3) is 33.7 Å². The molecule has 0 aliphatic carbocycles. The Labute approximate surface area is 162 Å². The number of phenols is 1. The van der Waals surface area contributed by atoms with Crippen LogP contribution in [0.2, 0.25) is 5.02 Å². The minimum atomic E-state index is -0.806. The van der Waals surface area contributed by atoms with Gasteiger partial charge in [-0.25, -0.2) is 13.2 Å². The van der Waals surface area contributed by atoms with E-state index in [0.717, 1.165) is 6.07 Å². The molecule has 0 aliphatic heterocycles. The summed E-state index contributed by atoms with van der Waals surface area (Å²) in [7, 11) is 0. The van der Waals surface area contributed by atoms with E-state index < -0.39 is 17.5 Å². The zero-order valence-corrected chi connectivity index (χ0v) is 14.8. The van der Waals surface area contributed by atoms with Gasteiger partial charge >= 0.3 is 0 Å². The van der Waals surface area contributed by atoms with Gasteiger partial charge in [-0.2, -0.15) is 0 Å². The molecule has 140 valence electrons. The van der Waals surface area contributed by atoms with Gasteiger partial charge in [-0.1, -0.05) is 41.0 Å². The Morgan fingerprint density at radius 2 is 1.54 bits per heavy atom. The second-order valence-corrected chi connectivity index (χ2v) is 6.38. The van der Waals surface area contributed by atoms with E-state index in [1.54, 1.807) is 6.07 Å². The largest absolute Gasteiger partial charge is 0.508 e. The van der Waals surface area contributed by atoms with Gasteiger partial charge in [0.15, 0.2) is 5.76 Å². The molecule has 28 heavy (non-hydrogen) atoms. The van der Waals surface area contributed by atoms with Crippen molar-refractivity contribution in [2.24, 2.45) is 0 Å². The first-order valence-electron chi connectivity index (χ1n) is 8.15. The van der Waals surface area contributed by atoms with E-state index in [4.69, 9.17) is 16.1 Å². The lowest BCUT2D eigenvalue weighted by atomic mass is 9.95. The first-order valence-corrected chi connectivity index (χ1v) is 8.53. The predicted molar refractivity (Wildman–Crippen MR) is 99.4 cm³/mol. The SMILES string of the molecule is Oc1ccc(-c2onc(-c3c(F)cccc3Cl)c2-c2ccccc2F)c(F)c1. The highest BCUT2D eigenvalue weighted by Gasteiger charge is 2.27. The molecule has 4 rings (SSSR count). The van der Waals surface area contributed by atoms with Gasteiger partial charge < -0.3 is 9.63 Å². The van der Waals surface area contributed by atoms with Crippen LogP contribution in [0.1, 0.15) is 0 Å². The van der Waals surface area contributed by atoms with E-state index in [9.17, 15) is 18.3 Å². The number of hydrogen-bond acceptors (Lipinski definition) is 3. The molecule has 0 fully saturated rings. The molecule has 0 bridgehead atoms. The highest BCUT2D eigenvalue weighted by molar-refractivity contribution is 6.33. The van der Waals surface area contributed by atoms with E-state index in [1.165, 1.54) is 48.5 Å². The second kappa shape index (κ2) is 7.05. The van der Waals surface area contributed by atoms with Crippen molar-refractivity contribution in [3.05, 3.63) is 83.1 Å². The predicted octanol–water partition coefficient (Wildman–Crippen LogP) is 6.45. The summed E-state index contributed by atoms with van der Waals surface area (Å²) in [6.45, 7) is 0. The van der Waals surface area contributed by atoms with Gasteiger partial charge in [-0.3, -0.25) is 0 Å². The zero-order valence-electron chi connectivity index (χ0n) is 14.1. The average molecular weight is 402 g/mol. The fourth-order valence-electron chi connectivity index (χ4n) is 2.97. The molecular formula is C21H11ClF3NO2. The van der Waals surface area contributed by atoms with Gasteiger partial charge in [0, 0.05) is 11.6 Å². The fraction of sp³-hybridized carbons (Fsp3) is 0. The van der Waals surface area contributed by atoms with Gasteiger partial charge in [0.1, 0.15) is 28.9 Å². The van der Waals surface area contributed by atoms with E-state index in [2.05, 4.69) is 5.16 Å². The molecule has 0 radical (unpaired) electrons. The molecule has 3 nitrogen and oxygen atoms in total. The summed E-state index contributed by atoms with van der Waals surface area (Å²) in [6.07, 6.45) is 0. The minimum absolute atomic E-state index is 0.0422. The Morgan fingerprint density at radius 1 is 0.786 bits per heavy atom. The summed E-state index contributed by atoms with van der Waals surface area (Å²) in [5.41, 5.74) is -0.121. The Morgan fingerprint density at radius 3 is 2.25 bits per heavy atom.